The van der Waals surface area contributed by atoms with Gasteiger partial charge in [-0.25, -0.2) is 4.79 Å². The van der Waals surface area contributed by atoms with Crippen LogP contribution in [0.5, 0.6) is 11.5 Å². The van der Waals surface area contributed by atoms with E-state index in [1.54, 1.807) is 18.2 Å². The third-order valence-electron chi connectivity index (χ3n) is 2.68. The lowest BCUT2D eigenvalue weighted by atomic mass is 10.2. The largest absolute Gasteiger partial charge is 0.478 e. The van der Waals surface area contributed by atoms with Gasteiger partial charge < -0.3 is 9.84 Å². The minimum Gasteiger partial charge on any atom is -0.478 e. The number of halogens is 2. The van der Waals surface area contributed by atoms with Gasteiger partial charge in [-0.3, -0.25) is 0 Å². The van der Waals surface area contributed by atoms with Gasteiger partial charge in [0, 0.05) is 16.1 Å². The molecule has 2 rings (SSSR count). The Bertz CT molecular complexity index is 711. The van der Waals surface area contributed by atoms with Gasteiger partial charge in [-0.15, -0.1) is 0 Å². The zero-order valence-corrected chi connectivity index (χ0v) is 13.5. The van der Waals surface area contributed by atoms with Crippen molar-refractivity contribution in [3.63, 3.8) is 0 Å². The number of carbonyl (C=O) groups is 1. The van der Waals surface area contributed by atoms with Crippen LogP contribution in [0.25, 0.3) is 6.08 Å². The average Bonchev–Trinajstić information content (AvgIpc) is 2.41. The molecule has 0 unspecified atom stereocenters. The highest BCUT2D eigenvalue weighted by Gasteiger charge is 2.07. The molecule has 0 saturated carbocycles. The Morgan fingerprint density at radius 2 is 1.95 bits per heavy atom. The van der Waals surface area contributed by atoms with Crippen molar-refractivity contribution in [2.45, 2.75) is 6.92 Å². The molecule has 0 radical (unpaired) electrons. The Labute approximate surface area is 135 Å². The van der Waals surface area contributed by atoms with Crippen LogP contribution in [0.3, 0.4) is 0 Å². The number of carboxylic acid groups (broad SMARTS) is 1. The van der Waals surface area contributed by atoms with Crippen molar-refractivity contribution < 1.29 is 14.6 Å². The first-order valence-electron chi connectivity index (χ1n) is 6.10. The minimum atomic E-state index is -1.02. The molecule has 0 fully saturated rings. The summed E-state index contributed by atoms with van der Waals surface area (Å²) in [6.07, 6.45) is 2.54. The molecule has 0 heterocycles. The van der Waals surface area contributed by atoms with E-state index in [4.69, 9.17) is 21.4 Å². The summed E-state index contributed by atoms with van der Waals surface area (Å²) in [7, 11) is 0. The van der Waals surface area contributed by atoms with Gasteiger partial charge in [-0.05, 0) is 48.9 Å². The van der Waals surface area contributed by atoms with E-state index in [1.165, 1.54) is 6.08 Å². The van der Waals surface area contributed by atoms with E-state index < -0.39 is 5.97 Å². The van der Waals surface area contributed by atoms with Crippen LogP contribution < -0.4 is 4.74 Å². The van der Waals surface area contributed by atoms with E-state index in [0.29, 0.717) is 22.1 Å². The van der Waals surface area contributed by atoms with Gasteiger partial charge >= 0.3 is 5.97 Å². The summed E-state index contributed by atoms with van der Waals surface area (Å²) in [5, 5.41) is 9.24. The Morgan fingerprint density at radius 3 is 2.62 bits per heavy atom. The third-order valence-corrected chi connectivity index (χ3v) is 3.47. The second kappa shape index (κ2) is 6.78. The first-order valence-corrected chi connectivity index (χ1v) is 7.27. The molecule has 0 bridgehead atoms. The normalized spacial score (nSPS) is 10.8. The number of benzene rings is 2. The lowest BCUT2D eigenvalue weighted by Gasteiger charge is -2.11. The maximum absolute atomic E-state index is 10.7. The van der Waals surface area contributed by atoms with E-state index in [2.05, 4.69) is 15.9 Å². The van der Waals surface area contributed by atoms with Crippen LogP contribution in [0.15, 0.2) is 46.9 Å². The first-order chi connectivity index (χ1) is 9.95. The summed E-state index contributed by atoms with van der Waals surface area (Å²) in [5.74, 6) is 0.0327. The van der Waals surface area contributed by atoms with Gasteiger partial charge in [0.2, 0.25) is 0 Å². The fourth-order valence-electron chi connectivity index (χ4n) is 1.71. The molecule has 2 aromatic rings. The minimum absolute atomic E-state index is 0.506. The molecule has 21 heavy (non-hydrogen) atoms. The van der Waals surface area contributed by atoms with Crippen LogP contribution in [0.1, 0.15) is 11.1 Å². The zero-order chi connectivity index (χ0) is 15.4. The molecule has 108 valence electrons. The molecular formula is C16H12BrClO3. The number of aliphatic carboxylic acids is 1. The van der Waals surface area contributed by atoms with E-state index in [9.17, 15) is 4.79 Å². The SMILES string of the molecule is Cc1ccc(Oc2ccc(Br)cc2/C=C/C(=O)O)c(Cl)c1. The number of carboxylic acids is 1. The Hall–Kier alpha value is -1.78. The molecular weight excluding hydrogens is 356 g/mol. The fourth-order valence-corrected chi connectivity index (χ4v) is 2.36. The second-order valence-corrected chi connectivity index (χ2v) is 5.71. The molecule has 0 saturated heterocycles. The monoisotopic (exact) mass is 366 g/mol. The smallest absolute Gasteiger partial charge is 0.328 e. The quantitative estimate of drug-likeness (QED) is 0.746. The molecule has 1 N–H and O–H groups in total. The number of aryl methyl sites for hydroxylation is 1. The van der Waals surface area contributed by atoms with Crippen LogP contribution in [0.4, 0.5) is 0 Å². The molecule has 5 heteroatoms. The van der Waals surface area contributed by atoms with Gasteiger partial charge in [-0.2, -0.15) is 0 Å². The summed E-state index contributed by atoms with van der Waals surface area (Å²) in [5.41, 5.74) is 1.68. The topological polar surface area (TPSA) is 46.5 Å². The number of hydrogen-bond acceptors (Lipinski definition) is 2. The van der Waals surface area contributed by atoms with Crippen LogP contribution >= 0.6 is 27.5 Å². The predicted octanol–water partition coefficient (Wildman–Crippen LogP) is 5.30. The summed E-state index contributed by atoms with van der Waals surface area (Å²) in [6.45, 7) is 1.94. The van der Waals surface area contributed by atoms with Gasteiger partial charge in [0.15, 0.2) is 0 Å². The molecule has 0 aliphatic heterocycles. The van der Waals surface area contributed by atoms with Crippen LogP contribution in [0, 0.1) is 6.92 Å². The summed E-state index contributed by atoms with van der Waals surface area (Å²) in [6, 6.07) is 10.8. The van der Waals surface area contributed by atoms with Gasteiger partial charge in [-0.1, -0.05) is 33.6 Å². The molecule has 2 aromatic carbocycles. The molecule has 0 aromatic heterocycles. The molecule has 0 atom stereocenters. The van der Waals surface area contributed by atoms with Crippen molar-refractivity contribution in [1.29, 1.82) is 0 Å². The molecule has 0 aliphatic carbocycles. The Kier molecular flexibility index (Phi) is 5.04. The highest BCUT2D eigenvalue weighted by Crippen LogP contribution is 2.33. The maximum Gasteiger partial charge on any atom is 0.328 e. The van der Waals surface area contributed by atoms with E-state index in [1.807, 2.05) is 25.1 Å². The summed E-state index contributed by atoms with van der Waals surface area (Å²) < 4.78 is 6.61. The zero-order valence-electron chi connectivity index (χ0n) is 11.1. The van der Waals surface area contributed by atoms with Crippen molar-refractivity contribution in [1.82, 2.24) is 0 Å². The highest BCUT2D eigenvalue weighted by atomic mass is 79.9. The van der Waals surface area contributed by atoms with Gasteiger partial charge in [0.1, 0.15) is 11.5 Å². The number of ether oxygens (including phenoxy) is 1. The van der Waals surface area contributed by atoms with Crippen molar-refractivity contribution >= 4 is 39.6 Å². The van der Waals surface area contributed by atoms with Crippen LogP contribution in [-0.2, 0) is 4.79 Å². The first kappa shape index (κ1) is 15.6. The van der Waals surface area contributed by atoms with Crippen molar-refractivity contribution in [3.05, 3.63) is 63.1 Å². The summed E-state index contributed by atoms with van der Waals surface area (Å²) >= 11 is 9.49. The van der Waals surface area contributed by atoms with E-state index >= 15 is 0 Å². The van der Waals surface area contributed by atoms with E-state index in [0.717, 1.165) is 16.1 Å². The number of rotatable bonds is 4. The third kappa shape index (κ3) is 4.34. The Morgan fingerprint density at radius 1 is 1.24 bits per heavy atom. The van der Waals surface area contributed by atoms with Gasteiger partial charge in [0.05, 0.1) is 5.02 Å². The fraction of sp³-hybridized carbons (Fsp3) is 0.0625. The average molecular weight is 368 g/mol. The molecule has 3 nitrogen and oxygen atoms in total. The lowest BCUT2D eigenvalue weighted by molar-refractivity contribution is -0.131. The maximum atomic E-state index is 10.7. The molecule has 0 spiro atoms. The van der Waals surface area contributed by atoms with E-state index in [-0.39, 0.29) is 0 Å². The predicted molar refractivity (Wildman–Crippen MR) is 87.1 cm³/mol. The van der Waals surface area contributed by atoms with Crippen molar-refractivity contribution in [2.24, 2.45) is 0 Å². The molecule has 0 amide bonds. The van der Waals surface area contributed by atoms with Crippen molar-refractivity contribution in [2.75, 3.05) is 0 Å². The van der Waals surface area contributed by atoms with Crippen LogP contribution in [-0.4, -0.2) is 11.1 Å². The Balaban J connectivity index is 2.37. The number of hydrogen-bond donors (Lipinski definition) is 1. The van der Waals surface area contributed by atoms with Crippen LogP contribution in [0.2, 0.25) is 5.02 Å². The van der Waals surface area contributed by atoms with Gasteiger partial charge in [0.25, 0.3) is 0 Å². The van der Waals surface area contributed by atoms with Crippen molar-refractivity contribution in [3.8, 4) is 11.5 Å². The lowest BCUT2D eigenvalue weighted by Crippen LogP contribution is -1.91. The summed E-state index contributed by atoms with van der Waals surface area (Å²) in [4.78, 5) is 10.7. The standard InChI is InChI=1S/C16H12BrClO3/c1-10-2-5-15(13(18)8-10)21-14-6-4-12(17)9-11(14)3-7-16(19)20/h2-9H,1H3,(H,19,20)/b7-3+. The molecule has 0 aliphatic rings. The highest BCUT2D eigenvalue weighted by molar-refractivity contribution is 9.10. The second-order valence-electron chi connectivity index (χ2n) is 4.39.